The Kier molecular flexibility index (Phi) is 8.02. The van der Waals surface area contributed by atoms with Gasteiger partial charge in [0.15, 0.2) is 0 Å². The van der Waals surface area contributed by atoms with Crippen LogP contribution in [0.2, 0.25) is 0 Å². The van der Waals surface area contributed by atoms with Gasteiger partial charge >= 0.3 is 12.1 Å². The average Bonchev–Trinajstić information content (AvgIpc) is 3.67. The molecule has 2 aliphatic carbocycles. The Hall–Kier alpha value is -4.59. The second-order valence-electron chi connectivity index (χ2n) is 8.42. The first kappa shape index (κ1) is 27.0. The van der Waals surface area contributed by atoms with Crippen LogP contribution in [-0.4, -0.2) is 34.1 Å². The first-order valence-electron chi connectivity index (χ1n) is 11.1. The van der Waals surface area contributed by atoms with Crippen LogP contribution in [-0.2, 0) is 9.59 Å². The summed E-state index contributed by atoms with van der Waals surface area (Å²) >= 11 is 0. The molecule has 0 bridgehead atoms. The summed E-state index contributed by atoms with van der Waals surface area (Å²) in [6, 6.07) is 17.2. The molecule has 1 saturated carbocycles. The largest absolute Gasteiger partial charge is 0.490 e. The van der Waals surface area contributed by atoms with Crippen LogP contribution in [0.15, 0.2) is 76.6 Å². The number of nitriles is 1. The van der Waals surface area contributed by atoms with E-state index < -0.39 is 12.1 Å². The number of nitrogens with one attached hydrogen (secondary N) is 1. The highest BCUT2D eigenvalue weighted by Crippen LogP contribution is 2.48. The smallest absolute Gasteiger partial charge is 0.475 e. The lowest BCUT2D eigenvalue weighted by atomic mass is 9.91. The van der Waals surface area contributed by atoms with Crippen LogP contribution in [0.4, 0.5) is 18.9 Å². The van der Waals surface area contributed by atoms with E-state index in [1.807, 2.05) is 55.5 Å². The summed E-state index contributed by atoms with van der Waals surface area (Å²) < 4.78 is 31.7. The molecule has 0 aliphatic heterocycles. The normalized spacial score (nSPS) is 19.8. The zero-order valence-electron chi connectivity index (χ0n) is 19.6. The molecule has 0 saturated heterocycles. The van der Waals surface area contributed by atoms with Gasteiger partial charge in [0, 0.05) is 18.0 Å². The molecule has 37 heavy (non-hydrogen) atoms. The van der Waals surface area contributed by atoms with Crippen molar-refractivity contribution in [2.75, 3.05) is 5.32 Å². The van der Waals surface area contributed by atoms with Crippen molar-refractivity contribution in [1.82, 2.24) is 0 Å². The summed E-state index contributed by atoms with van der Waals surface area (Å²) in [7, 11) is 0. The molecule has 192 valence electrons. The quantitative estimate of drug-likeness (QED) is 0.341. The van der Waals surface area contributed by atoms with Gasteiger partial charge in [-0.1, -0.05) is 41.6 Å². The van der Waals surface area contributed by atoms with Crippen molar-refractivity contribution in [3.63, 3.8) is 0 Å². The van der Waals surface area contributed by atoms with E-state index in [4.69, 9.17) is 20.8 Å². The number of amides is 1. The van der Waals surface area contributed by atoms with Gasteiger partial charge in [-0.25, -0.2) is 4.79 Å². The van der Waals surface area contributed by atoms with E-state index in [1.54, 1.807) is 6.07 Å². The van der Waals surface area contributed by atoms with Gasteiger partial charge in [-0.2, -0.15) is 18.4 Å². The van der Waals surface area contributed by atoms with Gasteiger partial charge in [0.25, 0.3) is 0 Å². The van der Waals surface area contributed by atoms with Crippen LogP contribution in [0, 0.1) is 23.2 Å². The van der Waals surface area contributed by atoms with Crippen LogP contribution in [0.5, 0.6) is 0 Å². The molecule has 2 aromatic carbocycles. The number of hydrogen-bond donors (Lipinski definition) is 4. The minimum atomic E-state index is -5.08. The standard InChI is InChI=1S/C24H22N4O2.C2HF3O2/c1-14-18(10-11-22(28-30)23(14)26)20-12-21(20)24(29)27-17-8-6-15(7-9-17)19-5-3-2-4-16(19)13-25;3-2(4,5)1(6)7/h2-10,20-21,30H,11-12,26H2,1H3,(H,27,29);(H,6,7)/t20-,21-;/m1./s1. The third kappa shape index (κ3) is 6.35. The van der Waals surface area contributed by atoms with Crippen LogP contribution >= 0.6 is 0 Å². The number of oxime groups is 1. The van der Waals surface area contributed by atoms with Crippen molar-refractivity contribution in [3.8, 4) is 17.2 Å². The van der Waals surface area contributed by atoms with Crippen molar-refractivity contribution >= 4 is 23.3 Å². The Bertz CT molecular complexity index is 1340. The highest BCUT2D eigenvalue weighted by atomic mass is 19.4. The maximum atomic E-state index is 12.7. The minimum Gasteiger partial charge on any atom is -0.475 e. The maximum Gasteiger partial charge on any atom is 0.490 e. The molecule has 11 heteroatoms. The zero-order chi connectivity index (χ0) is 27.3. The number of rotatable bonds is 4. The van der Waals surface area contributed by atoms with Crippen LogP contribution < -0.4 is 11.1 Å². The number of carboxylic acids is 1. The van der Waals surface area contributed by atoms with E-state index in [1.165, 1.54) is 0 Å². The molecule has 2 aliphatic rings. The number of carboxylic acid groups (broad SMARTS) is 1. The number of hydrogen-bond acceptors (Lipinski definition) is 6. The summed E-state index contributed by atoms with van der Waals surface area (Å²) in [5.74, 6) is -2.72. The second kappa shape index (κ2) is 11.0. The number of anilines is 1. The van der Waals surface area contributed by atoms with Crippen molar-refractivity contribution in [2.45, 2.75) is 25.9 Å². The van der Waals surface area contributed by atoms with Crippen molar-refractivity contribution < 1.29 is 33.1 Å². The highest BCUT2D eigenvalue weighted by Gasteiger charge is 2.46. The zero-order valence-corrected chi connectivity index (χ0v) is 19.6. The van der Waals surface area contributed by atoms with Gasteiger partial charge in [0.1, 0.15) is 5.71 Å². The summed E-state index contributed by atoms with van der Waals surface area (Å²) in [4.78, 5) is 21.6. The molecule has 4 rings (SSSR count). The number of carbonyl (C=O) groups excluding carboxylic acids is 1. The number of carbonyl (C=O) groups is 2. The average molecular weight is 512 g/mol. The maximum absolute atomic E-state index is 12.7. The number of allylic oxidation sites excluding steroid dienone is 4. The molecule has 0 aromatic heterocycles. The number of nitrogens with zero attached hydrogens (tertiary/aromatic N) is 2. The third-order valence-electron chi connectivity index (χ3n) is 6.06. The Morgan fingerprint density at radius 1 is 1.16 bits per heavy atom. The van der Waals surface area contributed by atoms with E-state index in [-0.39, 0.29) is 17.7 Å². The molecule has 1 amide bonds. The van der Waals surface area contributed by atoms with Gasteiger partial charge in [0.05, 0.1) is 17.3 Å². The lowest BCUT2D eigenvalue weighted by Crippen LogP contribution is -2.21. The minimum absolute atomic E-state index is 0.0148. The van der Waals surface area contributed by atoms with Crippen molar-refractivity contribution in [2.24, 2.45) is 22.7 Å². The van der Waals surface area contributed by atoms with E-state index in [9.17, 15) is 23.2 Å². The van der Waals surface area contributed by atoms with Gasteiger partial charge in [-0.15, -0.1) is 0 Å². The lowest BCUT2D eigenvalue weighted by Gasteiger charge is -2.17. The van der Waals surface area contributed by atoms with Crippen molar-refractivity contribution in [1.29, 1.82) is 5.26 Å². The van der Waals surface area contributed by atoms with E-state index >= 15 is 0 Å². The summed E-state index contributed by atoms with van der Waals surface area (Å²) in [6.07, 6.45) is -1.83. The van der Waals surface area contributed by atoms with Crippen LogP contribution in [0.25, 0.3) is 11.1 Å². The monoisotopic (exact) mass is 512 g/mol. The Morgan fingerprint density at radius 3 is 2.35 bits per heavy atom. The van der Waals surface area contributed by atoms with Gasteiger partial charge < -0.3 is 21.4 Å². The summed E-state index contributed by atoms with van der Waals surface area (Å²) in [6.45, 7) is 1.90. The molecule has 0 spiro atoms. The molecule has 0 unspecified atom stereocenters. The van der Waals surface area contributed by atoms with Crippen LogP contribution in [0.3, 0.4) is 0 Å². The number of halogens is 3. The first-order chi connectivity index (χ1) is 17.5. The second-order valence-corrected chi connectivity index (χ2v) is 8.42. The molecule has 2 aromatic rings. The number of alkyl halides is 3. The molecule has 0 radical (unpaired) electrons. The lowest BCUT2D eigenvalue weighted by molar-refractivity contribution is -0.192. The Balaban J connectivity index is 0.000000479. The molecule has 2 atom stereocenters. The molecular weight excluding hydrogens is 489 g/mol. The molecule has 1 fully saturated rings. The van der Waals surface area contributed by atoms with Gasteiger partial charge in [-0.3, -0.25) is 4.79 Å². The van der Waals surface area contributed by atoms with E-state index in [2.05, 4.69) is 16.5 Å². The number of aliphatic carboxylic acids is 1. The first-order valence-corrected chi connectivity index (χ1v) is 11.1. The Morgan fingerprint density at radius 2 is 1.78 bits per heavy atom. The topological polar surface area (TPSA) is 149 Å². The highest BCUT2D eigenvalue weighted by molar-refractivity contribution is 6.03. The molecule has 5 N–H and O–H groups in total. The molecule has 8 nitrogen and oxygen atoms in total. The molecular formula is C26H23F3N4O4. The SMILES string of the molecule is CC1=C(N)C(=NO)CC=C1[C@H]1C[C@H]1C(=O)Nc1ccc(-c2ccccc2C#N)cc1.O=C(O)C(F)(F)F. The predicted octanol–water partition coefficient (Wildman–Crippen LogP) is 4.83. The van der Waals surface area contributed by atoms with Crippen LogP contribution in [0.1, 0.15) is 25.3 Å². The fraction of sp³-hybridized carbons (Fsp3) is 0.231. The Labute approximate surface area is 210 Å². The van der Waals surface area contributed by atoms with E-state index in [0.29, 0.717) is 23.4 Å². The fourth-order valence-corrected chi connectivity index (χ4v) is 3.99. The molecule has 0 heterocycles. The number of benzene rings is 2. The summed E-state index contributed by atoms with van der Waals surface area (Å²) in [5.41, 5.74) is 12.1. The van der Waals surface area contributed by atoms with Crippen molar-refractivity contribution in [3.05, 3.63) is 77.0 Å². The predicted molar refractivity (Wildman–Crippen MR) is 129 cm³/mol. The van der Waals surface area contributed by atoms with E-state index in [0.717, 1.165) is 34.4 Å². The summed E-state index contributed by atoms with van der Waals surface area (Å²) in [5, 5.41) is 31.6. The van der Waals surface area contributed by atoms with Gasteiger partial charge in [0.2, 0.25) is 5.91 Å². The third-order valence-corrected chi connectivity index (χ3v) is 6.06. The van der Waals surface area contributed by atoms with Gasteiger partial charge in [-0.05, 0) is 59.7 Å². The number of nitrogens with two attached hydrogens (primary N) is 1. The fourth-order valence-electron chi connectivity index (χ4n) is 3.99.